The number of ether oxygens (including phenoxy) is 4. The third-order valence-corrected chi connectivity index (χ3v) is 18.7. The monoisotopic (exact) mass is 620 g/mol. The van der Waals surface area contributed by atoms with Gasteiger partial charge in [0.25, 0.3) is 0 Å². The molecule has 0 saturated carbocycles. The number of rotatable bonds is 16. The molecule has 6 nitrogen and oxygen atoms in total. The van der Waals surface area contributed by atoms with Crippen molar-refractivity contribution in [2.24, 2.45) is 0 Å². The van der Waals surface area contributed by atoms with Gasteiger partial charge in [-0.15, -0.1) is 0 Å². The highest BCUT2D eigenvalue weighted by Gasteiger charge is 2.43. The molecule has 42 heavy (non-hydrogen) atoms. The predicted octanol–water partition coefficient (Wildman–Crippen LogP) is 8.67. The van der Waals surface area contributed by atoms with Gasteiger partial charge in [-0.3, -0.25) is 0 Å². The van der Waals surface area contributed by atoms with Crippen molar-refractivity contribution < 1.29 is 27.8 Å². The number of methoxy groups -OCH3 is 1. The first-order chi connectivity index (χ1) is 19.5. The SMILES string of the molecule is COc1ccc(COCC[C@@H]2CC=C[C@@H](C[C@@H](C[C@@H](C[C@H]3CO3)O[Si](C)(C)C(C)(C)C)O[Si](C)(C)C(C)(C)C)O2)cc1. The van der Waals surface area contributed by atoms with Crippen LogP contribution in [0.2, 0.25) is 36.3 Å². The van der Waals surface area contributed by atoms with Crippen LogP contribution in [0.25, 0.3) is 0 Å². The van der Waals surface area contributed by atoms with Crippen LogP contribution in [0.3, 0.4) is 0 Å². The van der Waals surface area contributed by atoms with Crippen molar-refractivity contribution in [3.8, 4) is 5.75 Å². The highest BCUT2D eigenvalue weighted by molar-refractivity contribution is 6.74. The van der Waals surface area contributed by atoms with Crippen molar-refractivity contribution in [2.75, 3.05) is 20.3 Å². The fraction of sp³-hybridized carbons (Fsp3) is 0.765. The average molecular weight is 621 g/mol. The Morgan fingerprint density at radius 3 is 1.95 bits per heavy atom. The summed E-state index contributed by atoms with van der Waals surface area (Å²) in [6.07, 6.45) is 9.69. The summed E-state index contributed by atoms with van der Waals surface area (Å²) in [5.74, 6) is 0.863. The second kappa shape index (κ2) is 14.8. The van der Waals surface area contributed by atoms with Crippen LogP contribution in [0.4, 0.5) is 0 Å². The van der Waals surface area contributed by atoms with Gasteiger partial charge >= 0.3 is 0 Å². The van der Waals surface area contributed by atoms with Crippen LogP contribution in [0.15, 0.2) is 36.4 Å². The molecule has 0 amide bonds. The van der Waals surface area contributed by atoms with E-state index >= 15 is 0 Å². The van der Waals surface area contributed by atoms with Crippen molar-refractivity contribution in [1.29, 1.82) is 0 Å². The second-order valence-electron chi connectivity index (χ2n) is 15.3. The normalized spacial score (nSPS) is 23.1. The summed E-state index contributed by atoms with van der Waals surface area (Å²) < 4.78 is 37.7. The lowest BCUT2D eigenvalue weighted by Gasteiger charge is -2.43. The number of epoxide rings is 1. The smallest absolute Gasteiger partial charge is 0.192 e. The fourth-order valence-electron chi connectivity index (χ4n) is 4.80. The topological polar surface area (TPSA) is 58.7 Å². The van der Waals surface area contributed by atoms with Gasteiger partial charge in [-0.2, -0.15) is 0 Å². The molecule has 8 heteroatoms. The third-order valence-electron chi connectivity index (χ3n) is 9.61. The summed E-state index contributed by atoms with van der Waals surface area (Å²) in [6.45, 7) is 25.4. The Morgan fingerprint density at radius 2 is 1.43 bits per heavy atom. The zero-order chi connectivity index (χ0) is 31.2. The van der Waals surface area contributed by atoms with E-state index in [0.29, 0.717) is 19.3 Å². The second-order valence-corrected chi connectivity index (χ2v) is 24.8. The fourth-order valence-corrected chi connectivity index (χ4v) is 7.56. The summed E-state index contributed by atoms with van der Waals surface area (Å²) in [6, 6.07) is 8.05. The Labute approximate surface area is 259 Å². The van der Waals surface area contributed by atoms with Gasteiger partial charge in [-0.05, 0) is 73.2 Å². The quantitative estimate of drug-likeness (QED) is 0.0798. The van der Waals surface area contributed by atoms with Gasteiger partial charge in [-0.25, -0.2) is 0 Å². The van der Waals surface area contributed by atoms with Gasteiger partial charge < -0.3 is 27.8 Å². The third kappa shape index (κ3) is 11.2. The van der Waals surface area contributed by atoms with E-state index in [4.69, 9.17) is 27.8 Å². The maximum absolute atomic E-state index is 7.12. The molecule has 2 heterocycles. The van der Waals surface area contributed by atoms with Crippen LogP contribution >= 0.6 is 0 Å². The molecule has 0 N–H and O–H groups in total. The van der Waals surface area contributed by atoms with Crippen molar-refractivity contribution in [2.45, 2.75) is 147 Å². The molecule has 0 bridgehead atoms. The molecule has 1 fully saturated rings. The van der Waals surface area contributed by atoms with Crippen molar-refractivity contribution >= 4 is 16.6 Å². The Morgan fingerprint density at radius 1 is 0.857 bits per heavy atom. The molecule has 2 aliphatic heterocycles. The molecular weight excluding hydrogens is 561 g/mol. The van der Waals surface area contributed by atoms with Crippen molar-refractivity contribution in [3.63, 3.8) is 0 Å². The molecular formula is C34H60O6Si2. The average Bonchev–Trinajstić information content (AvgIpc) is 3.69. The maximum Gasteiger partial charge on any atom is 0.192 e. The summed E-state index contributed by atoms with van der Waals surface area (Å²) >= 11 is 0. The molecule has 1 aromatic rings. The predicted molar refractivity (Wildman–Crippen MR) is 177 cm³/mol. The molecule has 0 aromatic heterocycles. The minimum absolute atomic E-state index is 0.0332. The zero-order valence-corrected chi connectivity index (χ0v) is 30.5. The largest absolute Gasteiger partial charge is 0.497 e. The Kier molecular flexibility index (Phi) is 12.5. The molecule has 0 unspecified atom stereocenters. The summed E-state index contributed by atoms with van der Waals surface area (Å²) in [4.78, 5) is 0. The van der Waals surface area contributed by atoms with Gasteiger partial charge in [0, 0.05) is 19.4 Å². The molecule has 0 spiro atoms. The minimum Gasteiger partial charge on any atom is -0.497 e. The summed E-state index contributed by atoms with van der Waals surface area (Å²) in [7, 11) is -2.26. The first kappa shape index (κ1) is 35.5. The minimum atomic E-state index is -2.00. The van der Waals surface area contributed by atoms with E-state index in [2.05, 4.69) is 92.0 Å². The lowest BCUT2D eigenvalue weighted by molar-refractivity contribution is -0.0377. The first-order valence-corrected chi connectivity index (χ1v) is 21.8. The molecule has 240 valence electrons. The Bertz CT molecular complexity index is 975. The molecule has 2 aliphatic rings. The van der Waals surface area contributed by atoms with Crippen LogP contribution < -0.4 is 4.74 Å². The van der Waals surface area contributed by atoms with Gasteiger partial charge in [0.05, 0.1) is 50.8 Å². The Hall–Kier alpha value is -1.01. The van der Waals surface area contributed by atoms with Crippen molar-refractivity contribution in [1.82, 2.24) is 0 Å². The molecule has 0 radical (unpaired) electrons. The Balaban J connectivity index is 1.62. The van der Waals surface area contributed by atoms with E-state index in [0.717, 1.165) is 50.0 Å². The number of benzene rings is 1. The molecule has 1 saturated heterocycles. The van der Waals surface area contributed by atoms with Crippen LogP contribution in [-0.4, -0.2) is 67.5 Å². The molecule has 1 aromatic carbocycles. The van der Waals surface area contributed by atoms with Gasteiger partial charge in [-0.1, -0.05) is 65.8 Å². The van der Waals surface area contributed by atoms with E-state index in [1.165, 1.54) is 0 Å². The summed E-state index contributed by atoms with van der Waals surface area (Å²) in [5, 5.41) is 0.289. The summed E-state index contributed by atoms with van der Waals surface area (Å²) in [5.41, 5.74) is 1.15. The molecule has 3 rings (SSSR count). The number of hydrogen-bond donors (Lipinski definition) is 0. The van der Waals surface area contributed by atoms with E-state index < -0.39 is 16.6 Å². The highest BCUT2D eigenvalue weighted by Crippen LogP contribution is 2.41. The van der Waals surface area contributed by atoms with Crippen LogP contribution in [0.1, 0.15) is 79.2 Å². The first-order valence-electron chi connectivity index (χ1n) is 16.0. The van der Waals surface area contributed by atoms with Crippen molar-refractivity contribution in [3.05, 3.63) is 42.0 Å². The van der Waals surface area contributed by atoms with E-state index in [9.17, 15) is 0 Å². The van der Waals surface area contributed by atoms with E-state index in [1.54, 1.807) is 7.11 Å². The lowest BCUT2D eigenvalue weighted by Crippen LogP contribution is -2.48. The van der Waals surface area contributed by atoms with Gasteiger partial charge in [0.1, 0.15) is 5.75 Å². The van der Waals surface area contributed by atoms with E-state index in [1.807, 2.05) is 12.1 Å². The lowest BCUT2D eigenvalue weighted by atomic mass is 10.00. The van der Waals surface area contributed by atoms with E-state index in [-0.39, 0.29) is 34.5 Å². The number of hydrogen-bond acceptors (Lipinski definition) is 6. The van der Waals surface area contributed by atoms with Crippen LogP contribution in [0.5, 0.6) is 5.75 Å². The standard InChI is InChI=1S/C34H60O6Si2/c1-33(2,3)41(8,9)39-30(22-31(23-32-25-37-32)40-42(10,11)34(4,5)6)21-29-14-12-13-28(38-29)19-20-36-24-26-15-17-27(35-7)18-16-26/h12,14-18,28-32H,13,19-25H2,1-11H3/t28-,29-,30-,31-,32-/m0/s1. The molecule has 5 atom stereocenters. The zero-order valence-electron chi connectivity index (χ0n) is 28.5. The maximum atomic E-state index is 7.12. The highest BCUT2D eigenvalue weighted by atomic mass is 28.4. The van der Waals surface area contributed by atoms with Crippen LogP contribution in [0, 0.1) is 0 Å². The molecule has 0 aliphatic carbocycles. The van der Waals surface area contributed by atoms with Gasteiger partial charge in [0.2, 0.25) is 0 Å². The van der Waals surface area contributed by atoms with Crippen LogP contribution in [-0.2, 0) is 29.7 Å². The van der Waals surface area contributed by atoms with Gasteiger partial charge in [0.15, 0.2) is 16.6 Å².